The summed E-state index contributed by atoms with van der Waals surface area (Å²) >= 11 is 0. The molecule has 0 aliphatic carbocycles. The maximum Gasteiger partial charge on any atom is 0.243 e. The molecule has 0 aliphatic heterocycles. The smallest absolute Gasteiger partial charge is 0.243 e. The minimum absolute atomic E-state index is 0.825. The second kappa shape index (κ2) is 3.05. The third kappa shape index (κ3) is 1.77. The Bertz CT molecular complexity index is 361. The number of hydrogen-bond acceptors (Lipinski definition) is 1. The lowest BCUT2D eigenvalue weighted by Gasteiger charge is -1.89. The second-order valence-electron chi connectivity index (χ2n) is 3.29. The lowest BCUT2D eigenvalue weighted by atomic mass is 10.4. The second-order valence-corrected chi connectivity index (χ2v) is 3.29. The van der Waals surface area contributed by atoms with Gasteiger partial charge in [-0.25, -0.2) is 9.13 Å². The van der Waals surface area contributed by atoms with Crippen LogP contribution in [0.2, 0.25) is 0 Å². The number of aromatic nitrogens is 4. The van der Waals surface area contributed by atoms with Crippen molar-refractivity contribution < 1.29 is 4.57 Å². The van der Waals surface area contributed by atoms with Crippen LogP contribution >= 0.6 is 0 Å². The fraction of sp³-hybridized carbons (Fsp3) is 0.333. The van der Waals surface area contributed by atoms with Gasteiger partial charge in [-0.05, 0) is 13.0 Å². The average Bonchev–Trinajstić information content (AvgIpc) is 2.62. The molecule has 4 nitrogen and oxygen atoms in total. The number of nitrogens with one attached hydrogen (secondary N) is 1. The normalized spacial score (nSPS) is 10.6. The van der Waals surface area contributed by atoms with E-state index in [-0.39, 0.29) is 0 Å². The monoisotopic (exact) mass is 177 g/mol. The van der Waals surface area contributed by atoms with E-state index in [1.807, 2.05) is 37.3 Å². The molecule has 0 spiro atoms. The Balaban J connectivity index is 2.14. The van der Waals surface area contributed by atoms with Gasteiger partial charge in [0.05, 0.1) is 7.05 Å². The highest BCUT2D eigenvalue weighted by Gasteiger charge is 2.03. The molecule has 2 heterocycles. The molecule has 0 radical (unpaired) electrons. The van der Waals surface area contributed by atoms with Crippen LogP contribution in [0.25, 0.3) is 0 Å². The minimum atomic E-state index is 0.825. The van der Waals surface area contributed by atoms with E-state index in [0.717, 1.165) is 17.9 Å². The summed E-state index contributed by atoms with van der Waals surface area (Å²) in [6.45, 7) is 2.83. The van der Waals surface area contributed by atoms with E-state index in [1.165, 1.54) is 0 Å². The molecule has 68 valence electrons. The quantitative estimate of drug-likeness (QED) is 0.662. The molecule has 2 rings (SSSR count). The number of imidazole rings is 1. The zero-order valence-electron chi connectivity index (χ0n) is 7.86. The van der Waals surface area contributed by atoms with Gasteiger partial charge < -0.3 is 0 Å². The van der Waals surface area contributed by atoms with Crippen molar-refractivity contribution in [2.45, 2.75) is 13.5 Å². The average molecular weight is 177 g/mol. The van der Waals surface area contributed by atoms with Crippen molar-refractivity contribution in [3.05, 3.63) is 36.2 Å². The highest BCUT2D eigenvalue weighted by atomic mass is 15.2. The van der Waals surface area contributed by atoms with Gasteiger partial charge in [-0.3, -0.25) is 5.10 Å². The highest BCUT2D eigenvalue weighted by molar-refractivity contribution is 5.06. The van der Waals surface area contributed by atoms with E-state index in [0.29, 0.717) is 0 Å². The van der Waals surface area contributed by atoms with Crippen LogP contribution in [0.5, 0.6) is 0 Å². The van der Waals surface area contributed by atoms with Gasteiger partial charge >= 0.3 is 0 Å². The van der Waals surface area contributed by atoms with Crippen molar-refractivity contribution in [1.29, 1.82) is 0 Å². The van der Waals surface area contributed by atoms with Gasteiger partial charge in [0.25, 0.3) is 0 Å². The van der Waals surface area contributed by atoms with Gasteiger partial charge in [0, 0.05) is 5.69 Å². The first kappa shape index (κ1) is 8.04. The van der Waals surface area contributed by atoms with Gasteiger partial charge in [0.1, 0.15) is 24.6 Å². The Morgan fingerprint density at radius 1 is 1.62 bits per heavy atom. The van der Waals surface area contributed by atoms with Crippen LogP contribution in [0.15, 0.2) is 24.8 Å². The number of hydrogen-bond donors (Lipinski definition) is 1. The molecular formula is C9H13N4+. The molecule has 4 heteroatoms. The number of aryl methyl sites for hydroxylation is 2. The first-order valence-corrected chi connectivity index (χ1v) is 4.26. The number of aromatic amines is 1. The van der Waals surface area contributed by atoms with Crippen molar-refractivity contribution >= 4 is 0 Å². The van der Waals surface area contributed by atoms with Gasteiger partial charge in [0.2, 0.25) is 6.33 Å². The van der Waals surface area contributed by atoms with Crippen molar-refractivity contribution in [2.24, 2.45) is 7.05 Å². The molecule has 1 N–H and O–H groups in total. The summed E-state index contributed by atoms with van der Waals surface area (Å²) in [6.07, 6.45) is 6.08. The standard InChI is InChI=1S/C9H13N4/c1-8-5-9(11-10-8)6-13-4-3-12(2)7-13/h3-5,7H,6H2,1-2H3,(H,10,11)/q+1. The maximum absolute atomic E-state index is 4.17. The molecule has 2 aromatic heterocycles. The Kier molecular flexibility index (Phi) is 1.88. The Hall–Kier alpha value is -1.58. The van der Waals surface area contributed by atoms with E-state index in [1.54, 1.807) is 0 Å². The molecule has 0 unspecified atom stereocenters. The zero-order chi connectivity index (χ0) is 9.26. The molecule has 0 atom stereocenters. The van der Waals surface area contributed by atoms with Crippen LogP contribution in [-0.4, -0.2) is 14.8 Å². The van der Waals surface area contributed by atoms with E-state index < -0.39 is 0 Å². The van der Waals surface area contributed by atoms with Crippen LogP contribution in [0.3, 0.4) is 0 Å². The van der Waals surface area contributed by atoms with Gasteiger partial charge in [0.15, 0.2) is 0 Å². The lowest BCUT2D eigenvalue weighted by Crippen LogP contribution is -2.23. The van der Waals surface area contributed by atoms with Crippen LogP contribution in [0.1, 0.15) is 11.4 Å². The van der Waals surface area contributed by atoms with Crippen LogP contribution in [0.4, 0.5) is 0 Å². The molecular weight excluding hydrogens is 164 g/mol. The Labute approximate surface area is 76.8 Å². The number of nitrogens with zero attached hydrogens (tertiary/aromatic N) is 3. The molecule has 0 saturated carbocycles. The lowest BCUT2D eigenvalue weighted by molar-refractivity contribution is -0.671. The minimum Gasteiger partial charge on any atom is -0.282 e. The molecule has 0 bridgehead atoms. The Morgan fingerprint density at radius 3 is 3.00 bits per heavy atom. The predicted octanol–water partition coefficient (Wildman–Crippen LogP) is 0.392. The fourth-order valence-electron chi connectivity index (χ4n) is 1.34. The maximum atomic E-state index is 4.17. The van der Waals surface area contributed by atoms with Gasteiger partial charge in [-0.1, -0.05) is 0 Å². The number of H-pyrrole nitrogens is 1. The van der Waals surface area contributed by atoms with Gasteiger partial charge in [-0.2, -0.15) is 5.10 Å². The van der Waals surface area contributed by atoms with Crippen molar-refractivity contribution in [3.8, 4) is 0 Å². The summed E-state index contributed by atoms with van der Waals surface area (Å²) in [6, 6.07) is 2.06. The van der Waals surface area contributed by atoms with Gasteiger partial charge in [-0.15, -0.1) is 0 Å². The summed E-state index contributed by atoms with van der Waals surface area (Å²) in [7, 11) is 2.01. The van der Waals surface area contributed by atoms with Crippen LogP contribution in [0, 0.1) is 6.92 Å². The molecule has 0 saturated heterocycles. The third-order valence-electron chi connectivity index (χ3n) is 1.93. The van der Waals surface area contributed by atoms with E-state index in [9.17, 15) is 0 Å². The highest BCUT2D eigenvalue weighted by Crippen LogP contribution is 1.99. The van der Waals surface area contributed by atoms with Crippen LogP contribution in [-0.2, 0) is 13.6 Å². The van der Waals surface area contributed by atoms with E-state index in [4.69, 9.17) is 0 Å². The molecule has 0 amide bonds. The largest absolute Gasteiger partial charge is 0.282 e. The van der Waals surface area contributed by atoms with E-state index >= 15 is 0 Å². The first-order valence-electron chi connectivity index (χ1n) is 4.26. The summed E-state index contributed by atoms with van der Waals surface area (Å²) in [5.41, 5.74) is 2.17. The molecule has 0 fully saturated rings. The fourth-order valence-corrected chi connectivity index (χ4v) is 1.34. The SMILES string of the molecule is Cc1cc(Cn2cc[n+](C)c2)n[nH]1. The molecule has 2 aromatic rings. The Morgan fingerprint density at radius 2 is 2.46 bits per heavy atom. The third-order valence-corrected chi connectivity index (χ3v) is 1.93. The summed E-state index contributed by atoms with van der Waals surface area (Å²) in [4.78, 5) is 0. The van der Waals surface area contributed by atoms with E-state index in [2.05, 4.69) is 20.8 Å². The summed E-state index contributed by atoms with van der Waals surface area (Å²) in [5, 5.41) is 7.09. The zero-order valence-corrected chi connectivity index (χ0v) is 7.86. The molecule has 0 aliphatic rings. The molecule has 13 heavy (non-hydrogen) atoms. The van der Waals surface area contributed by atoms with Crippen LogP contribution < -0.4 is 4.57 Å². The molecule has 0 aromatic carbocycles. The number of rotatable bonds is 2. The summed E-state index contributed by atoms with van der Waals surface area (Å²) < 4.78 is 4.11. The first-order chi connectivity index (χ1) is 6.24. The van der Waals surface area contributed by atoms with Crippen molar-refractivity contribution in [3.63, 3.8) is 0 Å². The predicted molar refractivity (Wildman–Crippen MR) is 48.0 cm³/mol. The topological polar surface area (TPSA) is 37.5 Å². The van der Waals surface area contributed by atoms with Crippen molar-refractivity contribution in [2.75, 3.05) is 0 Å². The summed E-state index contributed by atoms with van der Waals surface area (Å²) in [5.74, 6) is 0. The van der Waals surface area contributed by atoms with Crippen molar-refractivity contribution in [1.82, 2.24) is 14.8 Å².